The molecule has 27 heavy (non-hydrogen) atoms. The van der Waals surface area contributed by atoms with Gasteiger partial charge in [-0.2, -0.15) is 4.57 Å². The largest absolute Gasteiger partial charge is 0.440 e. The first-order valence-electron chi connectivity index (χ1n) is 9.75. The van der Waals surface area contributed by atoms with Gasteiger partial charge in [0.25, 0.3) is 5.52 Å². The maximum absolute atomic E-state index is 6.16. The van der Waals surface area contributed by atoms with Gasteiger partial charge in [-0.25, -0.2) is 4.98 Å². The molecule has 0 aliphatic heterocycles. The summed E-state index contributed by atoms with van der Waals surface area (Å²) in [5, 5.41) is 0. The molecule has 2 heterocycles. The van der Waals surface area contributed by atoms with Gasteiger partial charge in [-0.15, -0.1) is 0 Å². The molecular formula is C23H25N2O2+. The van der Waals surface area contributed by atoms with Gasteiger partial charge in [-0.3, -0.25) is 0 Å². The standard InChI is InChI=1S/C23H25N2O2/c1-3-9-17-10-7-13-20-23(17)25(16-4-2)22(27-20)15-8-14-21-24-18-11-5-6-12-19(18)26-21/h5-8,10-13,15H,3-4,9,14,16H2,1-2H3/q+1. The zero-order valence-electron chi connectivity index (χ0n) is 15.9. The van der Waals surface area contributed by atoms with Gasteiger partial charge in [-0.1, -0.05) is 50.6 Å². The number of oxazole rings is 2. The van der Waals surface area contributed by atoms with Crippen LogP contribution in [0.2, 0.25) is 0 Å². The Balaban J connectivity index is 1.65. The number of aromatic nitrogens is 2. The van der Waals surface area contributed by atoms with Gasteiger partial charge < -0.3 is 8.83 Å². The average Bonchev–Trinajstić information content (AvgIpc) is 3.24. The molecule has 0 saturated heterocycles. The van der Waals surface area contributed by atoms with Gasteiger partial charge in [0.15, 0.2) is 18.0 Å². The van der Waals surface area contributed by atoms with Crippen molar-refractivity contribution in [3.63, 3.8) is 0 Å². The summed E-state index contributed by atoms with van der Waals surface area (Å²) < 4.78 is 14.2. The van der Waals surface area contributed by atoms with E-state index in [1.54, 1.807) is 0 Å². The van der Waals surface area contributed by atoms with Gasteiger partial charge in [0, 0.05) is 24.5 Å². The Morgan fingerprint density at radius 1 is 0.963 bits per heavy atom. The number of hydrogen-bond donors (Lipinski definition) is 0. The predicted molar refractivity (Wildman–Crippen MR) is 107 cm³/mol. The summed E-state index contributed by atoms with van der Waals surface area (Å²) >= 11 is 0. The molecule has 0 atom stereocenters. The van der Waals surface area contributed by atoms with Crippen molar-refractivity contribution in [2.75, 3.05) is 0 Å². The number of benzene rings is 2. The van der Waals surface area contributed by atoms with Crippen LogP contribution in [-0.2, 0) is 19.4 Å². The van der Waals surface area contributed by atoms with Gasteiger partial charge in [-0.05, 0) is 24.6 Å². The van der Waals surface area contributed by atoms with E-state index in [0.717, 1.165) is 54.3 Å². The van der Waals surface area contributed by atoms with Crippen molar-refractivity contribution >= 4 is 28.3 Å². The Hall–Kier alpha value is -2.88. The minimum Gasteiger partial charge on any atom is -0.440 e. The third kappa shape index (κ3) is 3.52. The fourth-order valence-electron chi connectivity index (χ4n) is 3.54. The quantitative estimate of drug-likeness (QED) is 0.409. The zero-order valence-corrected chi connectivity index (χ0v) is 15.9. The van der Waals surface area contributed by atoms with Crippen LogP contribution in [-0.4, -0.2) is 4.98 Å². The summed E-state index contributed by atoms with van der Waals surface area (Å²) in [6.45, 7) is 5.35. The second kappa shape index (κ2) is 7.78. The second-order valence-electron chi connectivity index (χ2n) is 6.79. The maximum Gasteiger partial charge on any atom is 0.373 e. The van der Waals surface area contributed by atoms with Crippen LogP contribution in [0.5, 0.6) is 0 Å². The van der Waals surface area contributed by atoms with E-state index in [2.05, 4.69) is 47.7 Å². The number of para-hydroxylation sites is 3. The zero-order chi connectivity index (χ0) is 18.6. The molecule has 2 aromatic carbocycles. The lowest BCUT2D eigenvalue weighted by atomic mass is 10.1. The minimum absolute atomic E-state index is 0.639. The van der Waals surface area contributed by atoms with E-state index in [9.17, 15) is 0 Å². The Morgan fingerprint density at radius 2 is 1.81 bits per heavy atom. The van der Waals surface area contributed by atoms with Gasteiger partial charge in [0.2, 0.25) is 5.58 Å². The summed E-state index contributed by atoms with van der Waals surface area (Å²) in [4.78, 5) is 4.53. The van der Waals surface area contributed by atoms with Crippen LogP contribution in [0.1, 0.15) is 44.0 Å². The van der Waals surface area contributed by atoms with Crippen LogP contribution in [0.15, 0.2) is 57.4 Å². The molecule has 4 aromatic rings. The molecule has 0 radical (unpaired) electrons. The molecule has 138 valence electrons. The van der Waals surface area contributed by atoms with E-state index in [1.807, 2.05) is 30.3 Å². The van der Waals surface area contributed by atoms with Gasteiger partial charge in [0.1, 0.15) is 5.52 Å². The Kier molecular flexibility index (Phi) is 5.05. The number of aryl methyl sites for hydroxylation is 2. The van der Waals surface area contributed by atoms with Crippen molar-refractivity contribution in [1.29, 1.82) is 0 Å². The number of rotatable bonds is 7. The summed E-state index contributed by atoms with van der Waals surface area (Å²) in [6, 6.07) is 14.2. The average molecular weight is 361 g/mol. The van der Waals surface area contributed by atoms with Crippen molar-refractivity contribution in [3.8, 4) is 0 Å². The summed E-state index contributed by atoms with van der Waals surface area (Å²) in [6.07, 6.45) is 7.99. The monoisotopic (exact) mass is 361 g/mol. The second-order valence-corrected chi connectivity index (χ2v) is 6.79. The third-order valence-corrected chi connectivity index (χ3v) is 4.69. The summed E-state index contributed by atoms with van der Waals surface area (Å²) in [7, 11) is 0. The van der Waals surface area contributed by atoms with Crippen LogP contribution >= 0.6 is 0 Å². The maximum atomic E-state index is 6.16. The first-order valence-corrected chi connectivity index (χ1v) is 9.75. The molecular weight excluding hydrogens is 336 g/mol. The Labute approximate surface area is 159 Å². The van der Waals surface area contributed by atoms with Gasteiger partial charge >= 0.3 is 5.89 Å². The van der Waals surface area contributed by atoms with Crippen LogP contribution in [0.25, 0.3) is 28.3 Å². The van der Waals surface area contributed by atoms with Crippen molar-refractivity contribution in [2.45, 2.75) is 46.1 Å². The molecule has 0 saturated carbocycles. The van der Waals surface area contributed by atoms with Crippen LogP contribution in [0.3, 0.4) is 0 Å². The van der Waals surface area contributed by atoms with Gasteiger partial charge in [0.05, 0.1) is 0 Å². The summed E-state index contributed by atoms with van der Waals surface area (Å²) in [5.41, 5.74) is 5.26. The SMILES string of the molecule is CCCc1cccc2oc(C=CCc3nc4ccccc4o3)[n+](CCC)c12. The van der Waals surface area contributed by atoms with E-state index in [-0.39, 0.29) is 0 Å². The smallest absolute Gasteiger partial charge is 0.373 e. The number of nitrogens with zero attached hydrogens (tertiary/aromatic N) is 2. The highest BCUT2D eigenvalue weighted by atomic mass is 16.4. The Bertz CT molecular complexity index is 1060. The highest BCUT2D eigenvalue weighted by Crippen LogP contribution is 2.21. The number of hydrogen-bond acceptors (Lipinski definition) is 3. The minimum atomic E-state index is 0.639. The third-order valence-electron chi connectivity index (χ3n) is 4.69. The highest BCUT2D eigenvalue weighted by Gasteiger charge is 2.22. The van der Waals surface area contributed by atoms with E-state index in [0.29, 0.717) is 6.42 Å². The van der Waals surface area contributed by atoms with E-state index < -0.39 is 0 Å². The molecule has 0 bridgehead atoms. The van der Waals surface area contributed by atoms with Crippen molar-refractivity contribution in [2.24, 2.45) is 0 Å². The molecule has 4 rings (SSSR count). The lowest BCUT2D eigenvalue weighted by molar-refractivity contribution is -0.678. The van der Waals surface area contributed by atoms with Crippen molar-refractivity contribution in [3.05, 3.63) is 65.9 Å². The lowest BCUT2D eigenvalue weighted by Gasteiger charge is -1.98. The van der Waals surface area contributed by atoms with Crippen molar-refractivity contribution in [1.82, 2.24) is 4.98 Å². The highest BCUT2D eigenvalue weighted by molar-refractivity contribution is 5.74. The molecule has 0 spiro atoms. The van der Waals surface area contributed by atoms with Crippen LogP contribution < -0.4 is 4.57 Å². The first-order chi connectivity index (χ1) is 13.3. The molecule has 4 heteroatoms. The molecule has 0 N–H and O–H groups in total. The molecule has 0 aliphatic carbocycles. The van der Waals surface area contributed by atoms with E-state index in [1.165, 1.54) is 11.1 Å². The predicted octanol–water partition coefficient (Wildman–Crippen LogP) is 5.48. The molecule has 0 unspecified atom stereocenters. The van der Waals surface area contributed by atoms with Crippen molar-refractivity contribution < 1.29 is 13.4 Å². The molecule has 0 amide bonds. The fourth-order valence-corrected chi connectivity index (χ4v) is 3.54. The Morgan fingerprint density at radius 3 is 2.63 bits per heavy atom. The molecule has 0 aliphatic rings. The van der Waals surface area contributed by atoms with E-state index in [4.69, 9.17) is 8.83 Å². The summed E-state index contributed by atoms with van der Waals surface area (Å²) in [5.74, 6) is 1.60. The molecule has 4 nitrogen and oxygen atoms in total. The number of allylic oxidation sites excluding steroid dienone is 1. The van der Waals surface area contributed by atoms with E-state index >= 15 is 0 Å². The first kappa shape index (κ1) is 17.5. The number of fused-ring (bicyclic) bond motifs is 2. The molecule has 0 fully saturated rings. The molecule has 2 aromatic heterocycles. The fraction of sp³-hybridized carbons (Fsp3) is 0.304. The lowest BCUT2D eigenvalue weighted by Crippen LogP contribution is -2.35. The normalized spacial score (nSPS) is 11.9. The topological polar surface area (TPSA) is 43.1 Å². The van der Waals surface area contributed by atoms with Crippen LogP contribution in [0, 0.1) is 0 Å². The van der Waals surface area contributed by atoms with Crippen LogP contribution in [0.4, 0.5) is 0 Å².